The fourth-order valence-corrected chi connectivity index (χ4v) is 1.54. The predicted molar refractivity (Wildman–Crippen MR) is 46.3 cm³/mol. The molecular formula is C8H16N2O2. The molecule has 1 saturated heterocycles. The molecule has 0 aliphatic carbocycles. The van der Waals surface area contributed by atoms with E-state index in [4.69, 9.17) is 10.7 Å². The van der Waals surface area contributed by atoms with Crippen LogP contribution in [0.2, 0.25) is 0 Å². The van der Waals surface area contributed by atoms with Crippen molar-refractivity contribution in [2.45, 2.75) is 19.8 Å². The molecule has 0 aromatic carbocycles. The maximum Gasteiger partial charge on any atom is 0.0925 e. The van der Waals surface area contributed by atoms with Crippen molar-refractivity contribution in [3.05, 3.63) is 0 Å². The number of hydrogen-bond acceptors (Lipinski definition) is 3. The highest BCUT2D eigenvalue weighted by Crippen LogP contribution is 2.16. The van der Waals surface area contributed by atoms with Gasteiger partial charge in [0.25, 0.3) is 0 Å². The van der Waals surface area contributed by atoms with Gasteiger partial charge in [0.1, 0.15) is 0 Å². The third kappa shape index (κ3) is 2.46. The second-order valence-electron chi connectivity index (χ2n) is 3.31. The molecule has 1 aliphatic rings. The lowest BCUT2D eigenvalue weighted by Crippen LogP contribution is -2.37. The molecule has 0 amide bonds. The monoisotopic (exact) mass is 172 g/mol. The molecular weight excluding hydrogens is 156 g/mol. The zero-order valence-corrected chi connectivity index (χ0v) is 7.42. The number of hydrogen-bond donors (Lipinski definition) is 2. The molecule has 1 fully saturated rings. The summed E-state index contributed by atoms with van der Waals surface area (Å²) in [6.45, 7) is 4.08. The molecule has 0 spiro atoms. The number of nitrogens with one attached hydrogen (secondary N) is 1. The smallest absolute Gasteiger partial charge is 0.0925 e. The van der Waals surface area contributed by atoms with Crippen LogP contribution in [0.4, 0.5) is 0 Å². The van der Waals surface area contributed by atoms with E-state index in [0.29, 0.717) is 18.4 Å². The summed E-state index contributed by atoms with van der Waals surface area (Å²) >= 11 is 0. The predicted octanol–water partition coefficient (Wildman–Crippen LogP) is 1.19. The normalized spacial score (nSPS) is 19.7. The summed E-state index contributed by atoms with van der Waals surface area (Å²) in [5.74, 6) is 1.10. The number of piperidine rings is 1. The van der Waals surface area contributed by atoms with Gasteiger partial charge in [-0.3, -0.25) is 10.7 Å². The van der Waals surface area contributed by atoms with Crippen molar-refractivity contribution < 1.29 is 10.1 Å². The van der Waals surface area contributed by atoms with Crippen LogP contribution in [0.15, 0.2) is 0 Å². The van der Waals surface area contributed by atoms with Crippen LogP contribution in [0.5, 0.6) is 0 Å². The second kappa shape index (κ2) is 4.42. The van der Waals surface area contributed by atoms with Crippen molar-refractivity contribution in [1.82, 2.24) is 4.90 Å². The lowest BCUT2D eigenvalue weighted by Gasteiger charge is -2.31. The van der Waals surface area contributed by atoms with Crippen LogP contribution in [-0.4, -0.2) is 35.7 Å². The van der Waals surface area contributed by atoms with Crippen molar-refractivity contribution in [3.63, 3.8) is 0 Å². The standard InChI is InChI=1S/C8H16N2O2/c1-7(9)10-4-2-8(3-5-10)6-12-11/h8-9,11H,2-6H2,1H3. The van der Waals surface area contributed by atoms with Gasteiger partial charge in [0.15, 0.2) is 0 Å². The first-order valence-corrected chi connectivity index (χ1v) is 4.30. The Morgan fingerprint density at radius 1 is 1.58 bits per heavy atom. The molecule has 0 bridgehead atoms. The highest BCUT2D eigenvalue weighted by atomic mass is 17.1. The molecule has 70 valence electrons. The Morgan fingerprint density at radius 2 is 2.17 bits per heavy atom. The quantitative estimate of drug-likeness (QED) is 0.284. The molecule has 0 aromatic rings. The van der Waals surface area contributed by atoms with E-state index in [0.717, 1.165) is 25.9 Å². The first-order valence-electron chi connectivity index (χ1n) is 4.30. The van der Waals surface area contributed by atoms with Crippen LogP contribution >= 0.6 is 0 Å². The first kappa shape index (κ1) is 9.48. The van der Waals surface area contributed by atoms with Gasteiger partial charge in [-0.15, -0.1) is 0 Å². The third-order valence-electron chi connectivity index (χ3n) is 2.40. The average Bonchev–Trinajstić information content (AvgIpc) is 2.06. The van der Waals surface area contributed by atoms with Crippen molar-refractivity contribution in [2.24, 2.45) is 5.92 Å². The van der Waals surface area contributed by atoms with E-state index < -0.39 is 0 Å². The van der Waals surface area contributed by atoms with Gasteiger partial charge in [-0.25, -0.2) is 4.89 Å². The van der Waals surface area contributed by atoms with Crippen LogP contribution in [0.3, 0.4) is 0 Å². The fourth-order valence-electron chi connectivity index (χ4n) is 1.54. The van der Waals surface area contributed by atoms with Crippen LogP contribution in [0.1, 0.15) is 19.8 Å². The molecule has 2 N–H and O–H groups in total. The topological polar surface area (TPSA) is 56.6 Å². The number of rotatable bonds is 2. The summed E-state index contributed by atoms with van der Waals surface area (Å²) in [7, 11) is 0. The van der Waals surface area contributed by atoms with Gasteiger partial charge in [0, 0.05) is 13.1 Å². The van der Waals surface area contributed by atoms with Crippen LogP contribution < -0.4 is 0 Å². The van der Waals surface area contributed by atoms with E-state index in [-0.39, 0.29) is 0 Å². The molecule has 1 aliphatic heterocycles. The van der Waals surface area contributed by atoms with E-state index in [1.54, 1.807) is 0 Å². The van der Waals surface area contributed by atoms with E-state index in [9.17, 15) is 0 Å². The molecule has 0 unspecified atom stereocenters. The van der Waals surface area contributed by atoms with Crippen molar-refractivity contribution >= 4 is 5.84 Å². The number of amidine groups is 1. The zero-order chi connectivity index (χ0) is 8.97. The van der Waals surface area contributed by atoms with Crippen molar-refractivity contribution in [2.75, 3.05) is 19.7 Å². The van der Waals surface area contributed by atoms with Gasteiger partial charge in [0.05, 0.1) is 12.4 Å². The summed E-state index contributed by atoms with van der Waals surface area (Å²) in [4.78, 5) is 6.15. The Morgan fingerprint density at radius 3 is 2.58 bits per heavy atom. The first-order chi connectivity index (χ1) is 5.74. The lowest BCUT2D eigenvalue weighted by molar-refractivity contribution is -0.252. The molecule has 12 heavy (non-hydrogen) atoms. The Kier molecular flexibility index (Phi) is 3.49. The Labute approximate surface area is 72.6 Å². The minimum atomic E-state index is 0.435. The maximum absolute atomic E-state index is 8.24. The zero-order valence-electron chi connectivity index (χ0n) is 7.42. The second-order valence-corrected chi connectivity index (χ2v) is 3.31. The van der Waals surface area contributed by atoms with Crippen LogP contribution in [-0.2, 0) is 4.89 Å². The molecule has 4 nitrogen and oxygen atoms in total. The van der Waals surface area contributed by atoms with Gasteiger partial charge in [-0.05, 0) is 25.7 Å². The molecule has 1 rings (SSSR count). The van der Waals surface area contributed by atoms with Crippen molar-refractivity contribution in [1.29, 1.82) is 5.41 Å². The summed E-state index contributed by atoms with van der Waals surface area (Å²) in [5.41, 5.74) is 0. The Bertz CT molecular complexity index is 153. The maximum atomic E-state index is 8.24. The minimum Gasteiger partial charge on any atom is -0.361 e. The van der Waals surface area contributed by atoms with Crippen LogP contribution in [0.25, 0.3) is 0 Å². The van der Waals surface area contributed by atoms with E-state index in [1.165, 1.54) is 0 Å². The van der Waals surface area contributed by atoms with Gasteiger partial charge in [-0.1, -0.05) is 0 Å². The number of likely N-dealkylation sites (tertiary alicyclic amines) is 1. The summed E-state index contributed by atoms with van der Waals surface area (Å²) < 4.78 is 0. The van der Waals surface area contributed by atoms with Gasteiger partial charge in [0.2, 0.25) is 0 Å². The number of nitrogens with zero attached hydrogens (tertiary/aromatic N) is 1. The fraction of sp³-hybridized carbons (Fsp3) is 0.875. The Hall–Kier alpha value is -0.610. The van der Waals surface area contributed by atoms with Gasteiger partial charge in [-0.2, -0.15) is 0 Å². The van der Waals surface area contributed by atoms with E-state index in [1.807, 2.05) is 11.8 Å². The Balaban J connectivity index is 2.25. The highest BCUT2D eigenvalue weighted by molar-refractivity contribution is 5.76. The van der Waals surface area contributed by atoms with Gasteiger partial charge >= 0.3 is 0 Å². The molecule has 0 radical (unpaired) electrons. The summed E-state index contributed by atoms with van der Waals surface area (Å²) in [5, 5.41) is 15.6. The summed E-state index contributed by atoms with van der Waals surface area (Å²) in [6, 6.07) is 0. The molecule has 0 aromatic heterocycles. The molecule has 4 heteroatoms. The van der Waals surface area contributed by atoms with Crippen LogP contribution in [0, 0.1) is 11.3 Å². The van der Waals surface area contributed by atoms with E-state index in [2.05, 4.69) is 4.89 Å². The van der Waals surface area contributed by atoms with E-state index >= 15 is 0 Å². The lowest BCUT2D eigenvalue weighted by atomic mass is 9.98. The average molecular weight is 172 g/mol. The minimum absolute atomic E-state index is 0.435. The van der Waals surface area contributed by atoms with Gasteiger partial charge < -0.3 is 4.90 Å². The molecule has 1 heterocycles. The SMILES string of the molecule is CC(=N)N1CCC(COO)CC1. The molecule has 0 atom stereocenters. The largest absolute Gasteiger partial charge is 0.361 e. The summed E-state index contributed by atoms with van der Waals surface area (Å²) in [6.07, 6.45) is 2.02. The highest BCUT2D eigenvalue weighted by Gasteiger charge is 2.19. The molecule has 0 saturated carbocycles. The van der Waals surface area contributed by atoms with Crippen molar-refractivity contribution in [3.8, 4) is 0 Å². The third-order valence-corrected chi connectivity index (χ3v) is 2.40.